The molecule has 1 aliphatic rings. The molecule has 0 saturated carbocycles. The molecule has 0 aromatic heterocycles. The van der Waals surface area contributed by atoms with Gasteiger partial charge in [0, 0.05) is 13.2 Å². The van der Waals surface area contributed by atoms with Crippen molar-refractivity contribution in [3.8, 4) is 0 Å². The van der Waals surface area contributed by atoms with Gasteiger partial charge in [0.2, 0.25) is 0 Å². The van der Waals surface area contributed by atoms with Gasteiger partial charge in [0.1, 0.15) is 6.61 Å². The van der Waals surface area contributed by atoms with Gasteiger partial charge in [-0.05, 0) is 18.4 Å². The van der Waals surface area contributed by atoms with Crippen LogP contribution in [0.25, 0.3) is 0 Å². The lowest BCUT2D eigenvalue weighted by atomic mass is 9.93. The predicted molar refractivity (Wildman–Crippen MR) is 71.6 cm³/mol. The van der Waals surface area contributed by atoms with Crippen molar-refractivity contribution in [2.75, 3.05) is 19.8 Å². The Morgan fingerprint density at radius 2 is 2.21 bits per heavy atom. The van der Waals surface area contributed by atoms with Crippen molar-refractivity contribution in [2.24, 2.45) is 5.73 Å². The van der Waals surface area contributed by atoms with Crippen LogP contribution in [0.5, 0.6) is 0 Å². The SMILES string of the molecule is NCC1(NC(=O)OCc2ccccc2)CCCOC1. The van der Waals surface area contributed by atoms with Crippen LogP contribution < -0.4 is 11.1 Å². The molecule has 5 heteroatoms. The number of amides is 1. The molecule has 5 nitrogen and oxygen atoms in total. The van der Waals surface area contributed by atoms with E-state index in [4.69, 9.17) is 15.2 Å². The molecule has 2 rings (SSSR count). The average molecular weight is 264 g/mol. The molecular weight excluding hydrogens is 244 g/mol. The summed E-state index contributed by atoms with van der Waals surface area (Å²) < 4.78 is 10.6. The summed E-state index contributed by atoms with van der Waals surface area (Å²) in [5, 5.41) is 2.84. The first-order valence-electron chi connectivity index (χ1n) is 6.51. The van der Waals surface area contributed by atoms with E-state index in [0.717, 1.165) is 25.0 Å². The summed E-state index contributed by atoms with van der Waals surface area (Å²) in [6.07, 6.45) is 1.28. The molecule has 0 radical (unpaired) electrons. The topological polar surface area (TPSA) is 73.6 Å². The first kappa shape index (κ1) is 13.8. The number of hydrogen-bond acceptors (Lipinski definition) is 4. The van der Waals surface area contributed by atoms with Crippen LogP contribution >= 0.6 is 0 Å². The Bertz CT molecular complexity index is 402. The van der Waals surface area contributed by atoms with Crippen LogP contribution in [0.15, 0.2) is 30.3 Å². The maximum Gasteiger partial charge on any atom is 0.408 e. The molecule has 1 unspecified atom stereocenters. The number of ether oxygens (including phenoxy) is 2. The zero-order valence-corrected chi connectivity index (χ0v) is 10.9. The van der Waals surface area contributed by atoms with Crippen molar-refractivity contribution < 1.29 is 14.3 Å². The van der Waals surface area contributed by atoms with Crippen LogP contribution in [0.1, 0.15) is 18.4 Å². The highest BCUT2D eigenvalue weighted by Crippen LogP contribution is 2.18. The summed E-state index contributed by atoms with van der Waals surface area (Å²) in [7, 11) is 0. The molecule has 0 bridgehead atoms. The largest absolute Gasteiger partial charge is 0.445 e. The second-order valence-corrected chi connectivity index (χ2v) is 4.83. The number of benzene rings is 1. The van der Waals surface area contributed by atoms with Crippen molar-refractivity contribution in [3.05, 3.63) is 35.9 Å². The van der Waals surface area contributed by atoms with Crippen LogP contribution in [0.4, 0.5) is 4.79 Å². The smallest absolute Gasteiger partial charge is 0.408 e. The molecular formula is C14H20N2O3. The minimum Gasteiger partial charge on any atom is -0.445 e. The first-order valence-corrected chi connectivity index (χ1v) is 6.51. The summed E-state index contributed by atoms with van der Waals surface area (Å²) in [6, 6.07) is 9.57. The van der Waals surface area contributed by atoms with E-state index in [1.54, 1.807) is 0 Å². The van der Waals surface area contributed by atoms with E-state index >= 15 is 0 Å². The Morgan fingerprint density at radius 1 is 1.42 bits per heavy atom. The minimum absolute atomic E-state index is 0.258. The van der Waals surface area contributed by atoms with Gasteiger partial charge in [-0.2, -0.15) is 0 Å². The lowest BCUT2D eigenvalue weighted by molar-refractivity contribution is 0.0211. The lowest BCUT2D eigenvalue weighted by Gasteiger charge is -2.36. The summed E-state index contributed by atoms with van der Waals surface area (Å²) in [5.74, 6) is 0. The highest BCUT2D eigenvalue weighted by Gasteiger charge is 2.33. The summed E-state index contributed by atoms with van der Waals surface area (Å²) >= 11 is 0. The molecule has 1 amide bonds. The molecule has 1 saturated heterocycles. The van der Waals surface area contributed by atoms with Crippen LogP contribution in [-0.2, 0) is 16.1 Å². The minimum atomic E-state index is -0.480. The molecule has 1 atom stereocenters. The van der Waals surface area contributed by atoms with Gasteiger partial charge in [-0.25, -0.2) is 4.79 Å². The molecule has 1 heterocycles. The number of rotatable bonds is 4. The Hall–Kier alpha value is -1.59. The quantitative estimate of drug-likeness (QED) is 0.862. The van der Waals surface area contributed by atoms with Crippen molar-refractivity contribution in [3.63, 3.8) is 0 Å². The third-order valence-corrected chi connectivity index (χ3v) is 3.29. The number of nitrogens with one attached hydrogen (secondary N) is 1. The van der Waals surface area contributed by atoms with Gasteiger partial charge in [0.15, 0.2) is 0 Å². The van der Waals surface area contributed by atoms with E-state index in [1.165, 1.54) is 0 Å². The summed E-state index contributed by atoms with van der Waals surface area (Å²) in [6.45, 7) is 1.79. The summed E-state index contributed by atoms with van der Waals surface area (Å²) in [4.78, 5) is 11.8. The van der Waals surface area contributed by atoms with Gasteiger partial charge in [0.05, 0.1) is 12.1 Å². The molecule has 1 aromatic carbocycles. The average Bonchev–Trinajstić information content (AvgIpc) is 2.47. The number of carbonyl (C=O) groups is 1. The Morgan fingerprint density at radius 3 is 2.84 bits per heavy atom. The molecule has 1 aliphatic heterocycles. The van der Waals surface area contributed by atoms with Crippen LogP contribution in [0.2, 0.25) is 0 Å². The Kier molecular flexibility index (Phi) is 4.76. The maximum absolute atomic E-state index is 11.8. The Labute approximate surface area is 113 Å². The zero-order valence-electron chi connectivity index (χ0n) is 10.9. The van der Waals surface area contributed by atoms with Crippen molar-refractivity contribution in [2.45, 2.75) is 25.0 Å². The fourth-order valence-electron chi connectivity index (χ4n) is 2.14. The van der Waals surface area contributed by atoms with Gasteiger partial charge in [-0.1, -0.05) is 30.3 Å². The molecule has 104 valence electrons. The van der Waals surface area contributed by atoms with E-state index in [0.29, 0.717) is 13.2 Å². The van der Waals surface area contributed by atoms with Gasteiger partial charge in [-0.3, -0.25) is 0 Å². The summed E-state index contributed by atoms with van der Waals surface area (Å²) in [5.41, 5.74) is 6.22. The third-order valence-electron chi connectivity index (χ3n) is 3.29. The number of alkyl carbamates (subject to hydrolysis) is 1. The molecule has 3 N–H and O–H groups in total. The zero-order chi connectivity index (χ0) is 13.6. The highest BCUT2D eigenvalue weighted by atomic mass is 16.5. The molecule has 1 fully saturated rings. The van der Waals surface area contributed by atoms with Crippen LogP contribution in [0.3, 0.4) is 0 Å². The van der Waals surface area contributed by atoms with Gasteiger partial charge < -0.3 is 20.5 Å². The van der Waals surface area contributed by atoms with Crippen LogP contribution in [0, 0.1) is 0 Å². The maximum atomic E-state index is 11.8. The van der Waals surface area contributed by atoms with Crippen molar-refractivity contribution >= 4 is 6.09 Å². The lowest BCUT2D eigenvalue weighted by Crippen LogP contribution is -2.58. The van der Waals surface area contributed by atoms with E-state index in [2.05, 4.69) is 5.32 Å². The number of nitrogens with two attached hydrogens (primary N) is 1. The predicted octanol–water partition coefficient (Wildman–Crippen LogP) is 1.42. The van der Waals surface area contributed by atoms with Gasteiger partial charge in [0.25, 0.3) is 0 Å². The van der Waals surface area contributed by atoms with Crippen LogP contribution in [-0.4, -0.2) is 31.4 Å². The van der Waals surface area contributed by atoms with E-state index in [1.807, 2.05) is 30.3 Å². The number of hydrogen-bond donors (Lipinski definition) is 2. The first-order chi connectivity index (χ1) is 9.24. The standard InChI is InChI=1S/C14H20N2O3/c15-10-14(7-4-8-18-11-14)16-13(17)19-9-12-5-2-1-3-6-12/h1-3,5-6H,4,7-11,15H2,(H,16,17). The highest BCUT2D eigenvalue weighted by molar-refractivity contribution is 5.68. The second kappa shape index (κ2) is 6.54. The van der Waals surface area contributed by atoms with E-state index in [9.17, 15) is 4.79 Å². The van der Waals surface area contributed by atoms with E-state index < -0.39 is 11.6 Å². The fourth-order valence-corrected chi connectivity index (χ4v) is 2.14. The molecule has 19 heavy (non-hydrogen) atoms. The fraction of sp³-hybridized carbons (Fsp3) is 0.500. The van der Waals surface area contributed by atoms with E-state index in [-0.39, 0.29) is 6.61 Å². The Balaban J connectivity index is 1.83. The molecule has 0 aliphatic carbocycles. The van der Waals surface area contributed by atoms with Crippen molar-refractivity contribution in [1.82, 2.24) is 5.32 Å². The normalized spacial score (nSPS) is 22.8. The van der Waals surface area contributed by atoms with Crippen molar-refractivity contribution in [1.29, 1.82) is 0 Å². The number of carbonyl (C=O) groups excluding carboxylic acids is 1. The van der Waals surface area contributed by atoms with Gasteiger partial charge >= 0.3 is 6.09 Å². The second-order valence-electron chi connectivity index (χ2n) is 4.83. The molecule has 0 spiro atoms. The monoisotopic (exact) mass is 264 g/mol. The van der Waals surface area contributed by atoms with Gasteiger partial charge in [-0.15, -0.1) is 0 Å². The third kappa shape index (κ3) is 3.94. The molecule has 1 aromatic rings.